The van der Waals surface area contributed by atoms with Crippen LogP contribution in [0.5, 0.6) is 0 Å². The van der Waals surface area contributed by atoms with Gasteiger partial charge in [-0.25, -0.2) is 0 Å². The van der Waals surface area contributed by atoms with Gasteiger partial charge < -0.3 is 18.2 Å². The molecule has 0 aliphatic carbocycles. The van der Waals surface area contributed by atoms with E-state index in [1.54, 1.807) is 0 Å². The fourth-order valence-electron chi connectivity index (χ4n) is 0. The van der Waals surface area contributed by atoms with Crippen molar-refractivity contribution in [2.24, 2.45) is 0 Å². The van der Waals surface area contributed by atoms with Gasteiger partial charge in [-0.1, -0.05) is 0 Å². The number of hydrogen-bond acceptors (Lipinski definition) is 6. The molecule has 0 spiro atoms. The minimum Gasteiger partial charge on any atom is -0.784 e. The summed E-state index contributed by atoms with van der Waals surface area (Å²) in [5, 5.41) is 0. The zero-order valence-electron chi connectivity index (χ0n) is 7.27. The Morgan fingerprint density at radius 3 is 0.583 bits per heavy atom. The maximum absolute atomic E-state index is 8.44. The number of hydrogen-bond donors (Lipinski definition) is 0. The first-order valence-corrected chi connectivity index (χ1v) is 3.00. The largest absolute Gasteiger partial charge is 1.00 e. The van der Waals surface area contributed by atoms with Crippen molar-refractivity contribution in [1.29, 1.82) is 0 Å². The van der Waals surface area contributed by atoms with Crippen molar-refractivity contribution in [3.63, 3.8) is 0 Å². The Hall–Kier alpha value is 6.69. The van der Waals surface area contributed by atoms with Gasteiger partial charge in [0.2, 0.25) is 0 Å². The van der Waals surface area contributed by atoms with Crippen molar-refractivity contribution in [3.05, 3.63) is 0 Å². The van der Waals surface area contributed by atoms with E-state index < -0.39 is 22.7 Å². The Morgan fingerprint density at radius 2 is 0.583 bits per heavy atom. The summed E-state index contributed by atoms with van der Waals surface area (Å²) in [5.74, 6) is 0. The van der Waals surface area contributed by atoms with Crippen molar-refractivity contribution >= 4 is 22.7 Å². The molecule has 0 aromatic carbocycles. The predicted molar refractivity (Wildman–Crippen MR) is 19.4 cm³/mol. The fourth-order valence-corrected chi connectivity index (χ4v) is 0. The standard InChI is InChI=1S/4K.2H2O3S/c;;;;2*1-4(2)3/h;;;;2*(H2,1,2,3)/q4*+1;;/p-4. The summed E-state index contributed by atoms with van der Waals surface area (Å²) in [6.45, 7) is 0. The van der Waals surface area contributed by atoms with Gasteiger partial charge in [-0.2, -0.15) is 0 Å². The molecular weight excluding hydrogens is 317 g/mol. The molecule has 0 aliphatic heterocycles. The van der Waals surface area contributed by atoms with Crippen LogP contribution in [-0.4, -0.2) is 26.6 Å². The summed E-state index contributed by atoms with van der Waals surface area (Å²) in [5.41, 5.74) is 0. The smallest absolute Gasteiger partial charge is 0.784 e. The average Bonchev–Trinajstić information content (AvgIpc) is 1.25. The second-order valence-corrected chi connectivity index (χ2v) is 1.22. The zero-order valence-corrected chi connectivity index (χ0v) is 21.4. The fraction of sp³-hybridized carbons (Fsp3) is 0. The average molecular weight is 317 g/mol. The molecule has 0 unspecified atom stereocenters. The number of rotatable bonds is 0. The van der Waals surface area contributed by atoms with E-state index in [1.165, 1.54) is 0 Å². The van der Waals surface area contributed by atoms with Crippen LogP contribution >= 0.6 is 0 Å². The molecule has 0 heterocycles. The molecule has 0 saturated heterocycles. The van der Waals surface area contributed by atoms with Crippen LogP contribution in [0.2, 0.25) is 0 Å². The summed E-state index contributed by atoms with van der Waals surface area (Å²) < 4.78 is 50.7. The van der Waals surface area contributed by atoms with Crippen LogP contribution in [0.15, 0.2) is 0 Å². The Morgan fingerprint density at radius 1 is 0.583 bits per heavy atom. The van der Waals surface area contributed by atoms with Crippen LogP contribution in [0.3, 0.4) is 0 Å². The van der Waals surface area contributed by atoms with Gasteiger partial charge in [0, 0.05) is 0 Å². The van der Waals surface area contributed by atoms with E-state index >= 15 is 0 Å². The van der Waals surface area contributed by atoms with Crippen molar-refractivity contribution in [2.45, 2.75) is 0 Å². The van der Waals surface area contributed by atoms with Crippen LogP contribution in [0.4, 0.5) is 0 Å². The summed E-state index contributed by atoms with van der Waals surface area (Å²) in [7, 11) is 0. The van der Waals surface area contributed by atoms with Gasteiger partial charge >= 0.3 is 206 Å². The normalized spacial score (nSPS) is 5.83. The Kier molecular flexibility index (Phi) is 92.6. The first-order valence-electron chi connectivity index (χ1n) is 1.00. The summed E-state index contributed by atoms with van der Waals surface area (Å²) in [6, 6.07) is 0. The van der Waals surface area contributed by atoms with Crippen LogP contribution in [0, 0.1) is 0 Å². The van der Waals surface area contributed by atoms with Crippen molar-refractivity contribution in [2.75, 3.05) is 0 Å². The van der Waals surface area contributed by atoms with Crippen LogP contribution in [0.1, 0.15) is 0 Å². The molecule has 0 radical (unpaired) electrons. The molecule has 12 heavy (non-hydrogen) atoms. The van der Waals surface area contributed by atoms with E-state index in [2.05, 4.69) is 0 Å². The Labute approximate surface area is 246 Å². The maximum atomic E-state index is 8.44. The Balaban J connectivity index is -0.0000000112. The third-order valence-electron chi connectivity index (χ3n) is 0. The molecule has 0 bridgehead atoms. The van der Waals surface area contributed by atoms with E-state index in [0.29, 0.717) is 0 Å². The minimum atomic E-state index is -3.11. The molecule has 12 heteroatoms. The van der Waals surface area contributed by atoms with Gasteiger partial charge in [0.25, 0.3) is 0 Å². The molecule has 0 aromatic heterocycles. The predicted octanol–water partition coefficient (Wildman–Crippen LogP) is -14.0. The van der Waals surface area contributed by atoms with Gasteiger partial charge in [-0.15, -0.1) is 22.7 Å². The SMILES string of the molecule is O=S([O-])[O-].O=S([O-])[O-].[K+].[K+].[K+].[K+]. The van der Waals surface area contributed by atoms with Crippen LogP contribution in [0.25, 0.3) is 0 Å². The third kappa shape index (κ3) is 91.8. The monoisotopic (exact) mass is 316 g/mol. The Bertz CT molecular complexity index is 75.5. The van der Waals surface area contributed by atoms with E-state index in [1.807, 2.05) is 0 Å². The molecular formula is K4O6S2. The van der Waals surface area contributed by atoms with Crippen LogP contribution in [-0.2, 0) is 22.7 Å². The molecule has 0 N–H and O–H groups in total. The first kappa shape index (κ1) is 36.3. The first-order chi connectivity index (χ1) is 3.46. The molecule has 0 aliphatic rings. The maximum Gasteiger partial charge on any atom is 1.00 e. The van der Waals surface area contributed by atoms with Gasteiger partial charge in [0.1, 0.15) is 0 Å². The van der Waals surface area contributed by atoms with E-state index in [0.717, 1.165) is 0 Å². The second-order valence-electron chi connectivity index (χ2n) is 0.408. The van der Waals surface area contributed by atoms with Crippen molar-refractivity contribution in [3.8, 4) is 0 Å². The van der Waals surface area contributed by atoms with Gasteiger partial charge in [0.05, 0.1) is 0 Å². The summed E-state index contributed by atoms with van der Waals surface area (Å²) in [4.78, 5) is 0. The van der Waals surface area contributed by atoms with Crippen LogP contribution < -0.4 is 206 Å². The minimum absolute atomic E-state index is 0. The third-order valence-corrected chi connectivity index (χ3v) is 0. The van der Waals surface area contributed by atoms with Gasteiger partial charge in [-0.3, -0.25) is 8.42 Å². The van der Waals surface area contributed by atoms with Gasteiger partial charge in [-0.05, 0) is 0 Å². The van der Waals surface area contributed by atoms with E-state index in [4.69, 9.17) is 26.6 Å². The molecule has 52 valence electrons. The van der Waals surface area contributed by atoms with E-state index in [9.17, 15) is 0 Å². The van der Waals surface area contributed by atoms with Crippen molar-refractivity contribution in [1.82, 2.24) is 0 Å². The van der Waals surface area contributed by atoms with Crippen molar-refractivity contribution < 1.29 is 232 Å². The molecule has 0 atom stereocenters. The zero-order chi connectivity index (χ0) is 7.15. The second kappa shape index (κ2) is 30.6. The summed E-state index contributed by atoms with van der Waals surface area (Å²) in [6.07, 6.45) is 0. The molecule has 0 rings (SSSR count). The quantitative estimate of drug-likeness (QED) is 0.322. The summed E-state index contributed by atoms with van der Waals surface area (Å²) >= 11 is -6.22. The molecule has 6 nitrogen and oxygen atoms in total. The van der Waals surface area contributed by atoms with E-state index in [-0.39, 0.29) is 206 Å². The molecule has 0 aromatic rings. The molecule has 0 saturated carbocycles. The molecule has 0 amide bonds. The van der Waals surface area contributed by atoms with Gasteiger partial charge in [0.15, 0.2) is 0 Å². The molecule has 0 fully saturated rings. The topological polar surface area (TPSA) is 126 Å².